The second-order valence-electron chi connectivity index (χ2n) is 8.58. The number of nitro benzene ring substituents is 1. The minimum Gasteiger partial charge on any atom is -0.350 e. The molecule has 4 aliphatic rings. The Hall–Kier alpha value is -2.44. The first kappa shape index (κ1) is 17.9. The van der Waals surface area contributed by atoms with Crippen molar-refractivity contribution in [1.29, 1.82) is 0 Å². The highest BCUT2D eigenvalue weighted by Crippen LogP contribution is 2.60. The zero-order valence-corrected chi connectivity index (χ0v) is 15.3. The van der Waals surface area contributed by atoms with Crippen molar-refractivity contribution in [2.75, 3.05) is 6.54 Å². The largest absolute Gasteiger partial charge is 0.350 e. The van der Waals surface area contributed by atoms with Crippen molar-refractivity contribution < 1.29 is 14.5 Å². The summed E-state index contributed by atoms with van der Waals surface area (Å²) >= 11 is 0. The van der Waals surface area contributed by atoms with Gasteiger partial charge in [0, 0.05) is 24.1 Å². The summed E-state index contributed by atoms with van der Waals surface area (Å²) in [6, 6.07) is 6.06. The lowest BCUT2D eigenvalue weighted by molar-refractivity contribution is -0.384. The van der Waals surface area contributed by atoms with E-state index in [4.69, 9.17) is 0 Å². The van der Waals surface area contributed by atoms with Crippen LogP contribution in [0.4, 0.5) is 5.69 Å². The topological polar surface area (TPSA) is 101 Å². The van der Waals surface area contributed by atoms with Crippen molar-refractivity contribution in [3.05, 3.63) is 39.9 Å². The molecule has 4 saturated carbocycles. The minimum absolute atomic E-state index is 0.0203. The predicted molar refractivity (Wildman–Crippen MR) is 98.6 cm³/mol. The molecule has 0 radical (unpaired) electrons. The SMILES string of the molecule is O=C(CNC(=O)C12CC3CC(CC(C3)C1)C2)NCc1ccc([N+](=O)[O-])cc1. The van der Waals surface area contributed by atoms with E-state index in [9.17, 15) is 19.7 Å². The van der Waals surface area contributed by atoms with Gasteiger partial charge in [-0.15, -0.1) is 0 Å². The van der Waals surface area contributed by atoms with E-state index in [1.54, 1.807) is 12.1 Å². The summed E-state index contributed by atoms with van der Waals surface area (Å²) in [7, 11) is 0. The summed E-state index contributed by atoms with van der Waals surface area (Å²) in [4.78, 5) is 35.1. The smallest absolute Gasteiger partial charge is 0.269 e. The molecule has 0 heterocycles. The Kier molecular flexibility index (Phi) is 4.61. The summed E-state index contributed by atoms with van der Waals surface area (Å²) in [6.07, 6.45) is 6.78. The molecule has 1 aromatic rings. The average Bonchev–Trinajstić information content (AvgIpc) is 2.63. The predicted octanol–water partition coefficient (Wildman–Crippen LogP) is 2.54. The monoisotopic (exact) mass is 371 g/mol. The maximum atomic E-state index is 12.8. The first-order chi connectivity index (χ1) is 12.9. The van der Waals surface area contributed by atoms with Crippen LogP contribution in [-0.4, -0.2) is 23.3 Å². The van der Waals surface area contributed by atoms with Gasteiger partial charge in [0.25, 0.3) is 5.69 Å². The molecular formula is C20H25N3O4. The van der Waals surface area contributed by atoms with Gasteiger partial charge < -0.3 is 10.6 Å². The maximum Gasteiger partial charge on any atom is 0.269 e. The van der Waals surface area contributed by atoms with Crippen LogP contribution in [0.1, 0.15) is 44.1 Å². The summed E-state index contributed by atoms with van der Waals surface area (Å²) in [5.41, 5.74) is 0.558. The first-order valence-electron chi connectivity index (χ1n) is 9.72. The molecule has 0 aliphatic heterocycles. The number of hydrogen-bond donors (Lipinski definition) is 2. The van der Waals surface area contributed by atoms with Crippen molar-refractivity contribution in [3.8, 4) is 0 Å². The Labute approximate surface area is 158 Å². The fourth-order valence-electron chi connectivity index (χ4n) is 5.74. The third kappa shape index (κ3) is 3.68. The Morgan fingerprint density at radius 2 is 1.56 bits per heavy atom. The van der Waals surface area contributed by atoms with Crippen LogP contribution in [0.3, 0.4) is 0 Å². The van der Waals surface area contributed by atoms with E-state index >= 15 is 0 Å². The van der Waals surface area contributed by atoms with E-state index in [1.807, 2.05) is 0 Å². The highest BCUT2D eigenvalue weighted by molar-refractivity contribution is 5.88. The fraction of sp³-hybridized carbons (Fsp3) is 0.600. The van der Waals surface area contributed by atoms with Crippen LogP contribution in [-0.2, 0) is 16.1 Å². The third-order valence-corrected chi connectivity index (χ3v) is 6.57. The number of nitro groups is 1. The molecule has 4 bridgehead atoms. The lowest BCUT2D eigenvalue weighted by Crippen LogP contribution is -2.54. The van der Waals surface area contributed by atoms with Crippen molar-refractivity contribution in [3.63, 3.8) is 0 Å². The van der Waals surface area contributed by atoms with Gasteiger partial charge in [0.1, 0.15) is 0 Å². The molecule has 0 atom stereocenters. The molecule has 27 heavy (non-hydrogen) atoms. The molecule has 0 unspecified atom stereocenters. The number of carbonyl (C=O) groups is 2. The van der Waals surface area contributed by atoms with E-state index in [2.05, 4.69) is 10.6 Å². The number of carbonyl (C=O) groups excluding carboxylic acids is 2. The number of hydrogen-bond acceptors (Lipinski definition) is 4. The summed E-state index contributed by atoms with van der Waals surface area (Å²) < 4.78 is 0. The molecule has 2 amide bonds. The summed E-state index contributed by atoms with van der Waals surface area (Å²) in [5, 5.41) is 16.3. The number of nitrogens with one attached hydrogen (secondary N) is 2. The van der Waals surface area contributed by atoms with Gasteiger partial charge in [0.15, 0.2) is 0 Å². The number of rotatable bonds is 6. The van der Waals surface area contributed by atoms with Gasteiger partial charge in [0.05, 0.1) is 11.5 Å². The average molecular weight is 371 g/mol. The molecule has 2 N–H and O–H groups in total. The minimum atomic E-state index is -0.456. The van der Waals surface area contributed by atoms with Crippen LogP contribution < -0.4 is 10.6 Å². The summed E-state index contributed by atoms with van der Waals surface area (Å²) in [5.74, 6) is 1.88. The summed E-state index contributed by atoms with van der Waals surface area (Å²) in [6.45, 7) is 0.262. The van der Waals surface area contributed by atoms with Crippen molar-refractivity contribution in [1.82, 2.24) is 10.6 Å². The van der Waals surface area contributed by atoms with Gasteiger partial charge in [-0.3, -0.25) is 19.7 Å². The van der Waals surface area contributed by atoms with Crippen molar-refractivity contribution in [2.24, 2.45) is 23.2 Å². The van der Waals surface area contributed by atoms with Gasteiger partial charge in [-0.1, -0.05) is 12.1 Å². The number of benzene rings is 1. The van der Waals surface area contributed by atoms with Gasteiger partial charge in [-0.25, -0.2) is 0 Å². The van der Waals surface area contributed by atoms with Gasteiger partial charge in [0.2, 0.25) is 11.8 Å². The van der Waals surface area contributed by atoms with Gasteiger partial charge in [-0.05, 0) is 61.8 Å². The maximum absolute atomic E-state index is 12.8. The molecule has 4 aliphatic carbocycles. The molecule has 7 heteroatoms. The molecule has 5 rings (SSSR count). The van der Waals surface area contributed by atoms with Crippen LogP contribution in [0, 0.1) is 33.3 Å². The van der Waals surface area contributed by atoms with Crippen molar-refractivity contribution >= 4 is 17.5 Å². The third-order valence-electron chi connectivity index (χ3n) is 6.57. The van der Waals surface area contributed by atoms with Crippen LogP contribution in [0.15, 0.2) is 24.3 Å². The van der Waals surface area contributed by atoms with Crippen molar-refractivity contribution in [2.45, 2.75) is 45.1 Å². The lowest BCUT2D eigenvalue weighted by atomic mass is 9.49. The van der Waals surface area contributed by atoms with Gasteiger partial charge >= 0.3 is 0 Å². The number of nitrogens with zero attached hydrogens (tertiary/aromatic N) is 1. The van der Waals surface area contributed by atoms with Crippen LogP contribution in [0.25, 0.3) is 0 Å². The quantitative estimate of drug-likeness (QED) is 0.593. The van der Waals surface area contributed by atoms with Crippen LogP contribution in [0.5, 0.6) is 0 Å². The standard InChI is InChI=1S/C20H25N3O4/c24-18(21-11-13-1-3-17(4-2-13)23(26)27)12-22-19(25)20-8-14-5-15(9-20)7-16(6-14)10-20/h1-4,14-16H,5-12H2,(H,21,24)(H,22,25). The van der Waals surface area contributed by atoms with E-state index in [0.717, 1.165) is 24.8 Å². The number of amides is 2. The van der Waals surface area contributed by atoms with E-state index in [1.165, 1.54) is 31.4 Å². The zero-order valence-electron chi connectivity index (χ0n) is 15.3. The fourth-order valence-corrected chi connectivity index (χ4v) is 5.74. The molecule has 0 saturated heterocycles. The Bertz CT molecular complexity index is 724. The second kappa shape index (κ2) is 6.94. The second-order valence-corrected chi connectivity index (χ2v) is 8.58. The van der Waals surface area contributed by atoms with Gasteiger partial charge in [-0.2, -0.15) is 0 Å². The Morgan fingerprint density at radius 1 is 1.00 bits per heavy atom. The zero-order chi connectivity index (χ0) is 19.0. The highest BCUT2D eigenvalue weighted by atomic mass is 16.6. The normalized spacial score (nSPS) is 30.7. The molecule has 4 fully saturated rings. The van der Waals surface area contributed by atoms with Crippen LogP contribution >= 0.6 is 0 Å². The Morgan fingerprint density at radius 3 is 2.07 bits per heavy atom. The molecule has 1 aromatic carbocycles. The number of non-ortho nitro benzene ring substituents is 1. The Balaban J connectivity index is 1.26. The van der Waals surface area contributed by atoms with E-state index < -0.39 is 4.92 Å². The van der Waals surface area contributed by atoms with E-state index in [-0.39, 0.29) is 36.0 Å². The molecular weight excluding hydrogens is 346 g/mol. The van der Waals surface area contributed by atoms with Crippen LogP contribution in [0.2, 0.25) is 0 Å². The first-order valence-corrected chi connectivity index (χ1v) is 9.72. The van der Waals surface area contributed by atoms with E-state index in [0.29, 0.717) is 17.8 Å². The molecule has 0 aromatic heterocycles. The molecule has 144 valence electrons. The molecule has 7 nitrogen and oxygen atoms in total. The highest BCUT2D eigenvalue weighted by Gasteiger charge is 2.54. The molecule has 0 spiro atoms. The lowest BCUT2D eigenvalue weighted by Gasteiger charge is -2.55.